The summed E-state index contributed by atoms with van der Waals surface area (Å²) in [5.41, 5.74) is -1.11. The molecule has 13 heteroatoms. The van der Waals surface area contributed by atoms with Crippen molar-refractivity contribution < 1.29 is 28.8 Å². The van der Waals surface area contributed by atoms with E-state index in [0.29, 0.717) is 4.90 Å². The van der Waals surface area contributed by atoms with Gasteiger partial charge in [-0.2, -0.15) is 0 Å². The zero-order valence-corrected chi connectivity index (χ0v) is 17.7. The second-order valence-corrected chi connectivity index (χ2v) is 7.91. The Balaban J connectivity index is 1.93. The number of carbonyl (C=O) groups is 4. The number of nitro benzene ring substituents is 1. The Morgan fingerprint density at radius 2 is 1.86 bits per heavy atom. The van der Waals surface area contributed by atoms with Gasteiger partial charge in [0.15, 0.2) is 6.61 Å². The van der Waals surface area contributed by atoms with E-state index in [0.717, 1.165) is 0 Å². The van der Waals surface area contributed by atoms with E-state index in [1.165, 1.54) is 26.0 Å². The molecule has 1 aromatic rings. The van der Waals surface area contributed by atoms with E-state index in [9.17, 15) is 29.3 Å². The van der Waals surface area contributed by atoms with Crippen LogP contribution in [0.5, 0.6) is 0 Å². The van der Waals surface area contributed by atoms with Gasteiger partial charge in [-0.15, -0.1) is 0 Å². The van der Waals surface area contributed by atoms with E-state index < -0.39 is 47.4 Å². The van der Waals surface area contributed by atoms with Gasteiger partial charge in [-0.25, -0.2) is 4.79 Å². The number of amides is 4. The molecule has 0 radical (unpaired) electrons. The van der Waals surface area contributed by atoms with Gasteiger partial charge < -0.3 is 15.4 Å². The molecule has 1 heterocycles. The predicted molar refractivity (Wildman–Crippen MR) is 102 cm³/mol. The zero-order valence-electron chi connectivity index (χ0n) is 14.6. The van der Waals surface area contributed by atoms with Crippen LogP contribution in [-0.4, -0.2) is 52.3 Å². The van der Waals surface area contributed by atoms with Crippen LogP contribution in [0.4, 0.5) is 16.2 Å². The van der Waals surface area contributed by atoms with E-state index >= 15 is 0 Å². The Kier molecular flexibility index (Phi) is 6.39. The van der Waals surface area contributed by atoms with Gasteiger partial charge in [-0.05, 0) is 45.7 Å². The summed E-state index contributed by atoms with van der Waals surface area (Å²) in [4.78, 5) is 58.4. The Hall–Kier alpha value is -2.54. The van der Waals surface area contributed by atoms with Gasteiger partial charge in [0.05, 0.1) is 10.6 Å². The summed E-state index contributed by atoms with van der Waals surface area (Å²) in [6.45, 7) is 1.67. The topological polar surface area (TPSA) is 148 Å². The third-order valence-corrected chi connectivity index (χ3v) is 4.85. The number of non-ortho nitro benzene ring substituents is 1. The van der Waals surface area contributed by atoms with E-state index in [1.54, 1.807) is 0 Å². The predicted octanol–water partition coefficient (Wildman–Crippen LogP) is 1.93. The van der Waals surface area contributed by atoms with E-state index in [2.05, 4.69) is 42.5 Å². The van der Waals surface area contributed by atoms with Gasteiger partial charge in [0.1, 0.15) is 12.1 Å². The number of carbonyl (C=O) groups excluding carboxylic acids is 4. The second kappa shape index (κ2) is 8.22. The number of nitro groups is 1. The van der Waals surface area contributed by atoms with Crippen LogP contribution in [0.15, 0.2) is 21.1 Å². The maximum Gasteiger partial charge on any atom is 0.326 e. The number of esters is 1. The van der Waals surface area contributed by atoms with Crippen molar-refractivity contribution in [3.05, 3.63) is 31.2 Å². The molecular weight excluding hydrogens is 508 g/mol. The van der Waals surface area contributed by atoms with Crippen molar-refractivity contribution in [2.24, 2.45) is 0 Å². The van der Waals surface area contributed by atoms with Crippen molar-refractivity contribution in [2.45, 2.75) is 19.4 Å². The summed E-state index contributed by atoms with van der Waals surface area (Å²) in [7, 11) is 0. The SMILES string of the molecule is CC1(C)NC(=O)N(CC(=O)OCC(=O)Nc2c(Br)cc([N+](=O)[O-])cc2Br)C1=O. The van der Waals surface area contributed by atoms with E-state index in [4.69, 9.17) is 4.74 Å². The first-order valence-corrected chi connectivity index (χ1v) is 9.24. The van der Waals surface area contributed by atoms with Crippen molar-refractivity contribution in [3.63, 3.8) is 0 Å². The van der Waals surface area contributed by atoms with E-state index in [-0.39, 0.29) is 20.3 Å². The van der Waals surface area contributed by atoms with Crippen LogP contribution in [0.2, 0.25) is 0 Å². The molecule has 0 saturated carbocycles. The number of rotatable bonds is 6. The van der Waals surface area contributed by atoms with Crippen molar-refractivity contribution in [1.29, 1.82) is 0 Å². The third kappa shape index (κ3) is 4.84. The molecule has 1 aromatic carbocycles. The smallest absolute Gasteiger partial charge is 0.326 e. The maximum absolute atomic E-state index is 12.0. The molecule has 0 spiro atoms. The van der Waals surface area contributed by atoms with Gasteiger partial charge >= 0.3 is 12.0 Å². The Morgan fingerprint density at radius 3 is 2.32 bits per heavy atom. The Morgan fingerprint density at radius 1 is 1.29 bits per heavy atom. The zero-order chi connectivity index (χ0) is 21.2. The molecule has 1 saturated heterocycles. The molecule has 11 nitrogen and oxygen atoms in total. The third-order valence-electron chi connectivity index (χ3n) is 3.60. The second-order valence-electron chi connectivity index (χ2n) is 6.20. The Labute approximate surface area is 175 Å². The minimum Gasteiger partial charge on any atom is -0.454 e. The lowest BCUT2D eigenvalue weighted by atomic mass is 10.1. The number of benzene rings is 1. The first kappa shape index (κ1) is 21.8. The normalized spacial score (nSPS) is 15.2. The molecule has 4 amide bonds. The molecule has 1 aliphatic rings. The highest BCUT2D eigenvalue weighted by molar-refractivity contribution is 9.11. The van der Waals surface area contributed by atoms with Crippen LogP contribution >= 0.6 is 31.9 Å². The van der Waals surface area contributed by atoms with Gasteiger partial charge in [0, 0.05) is 21.1 Å². The van der Waals surface area contributed by atoms with Gasteiger partial charge in [0.2, 0.25) is 0 Å². The number of nitrogens with one attached hydrogen (secondary N) is 2. The van der Waals surface area contributed by atoms with Crippen LogP contribution in [0.3, 0.4) is 0 Å². The molecule has 2 N–H and O–H groups in total. The molecule has 0 aliphatic carbocycles. The van der Waals surface area contributed by atoms with Gasteiger partial charge in [-0.3, -0.25) is 29.4 Å². The fraction of sp³-hybridized carbons (Fsp3) is 0.333. The minimum absolute atomic E-state index is 0.195. The lowest BCUT2D eigenvalue weighted by Crippen LogP contribution is -2.41. The Bertz CT molecular complexity index is 864. The lowest BCUT2D eigenvalue weighted by Gasteiger charge is -2.15. The van der Waals surface area contributed by atoms with Crippen molar-refractivity contribution in [2.75, 3.05) is 18.5 Å². The highest BCUT2D eigenvalue weighted by Gasteiger charge is 2.45. The number of halogens is 2. The largest absolute Gasteiger partial charge is 0.454 e. The first-order valence-electron chi connectivity index (χ1n) is 7.65. The standard InChI is InChI=1S/C15H14Br2N4O7/c1-15(2)13(24)20(14(25)19-15)5-11(23)28-6-10(22)18-12-8(16)3-7(21(26)27)4-9(12)17/h3-4H,5-6H2,1-2H3,(H,18,22)(H,19,25). The summed E-state index contributed by atoms with van der Waals surface area (Å²) in [6, 6.07) is 1.67. The number of ether oxygens (including phenoxy) is 1. The lowest BCUT2D eigenvalue weighted by molar-refractivity contribution is -0.385. The van der Waals surface area contributed by atoms with Crippen molar-refractivity contribution in [3.8, 4) is 0 Å². The summed E-state index contributed by atoms with van der Waals surface area (Å²) < 4.78 is 5.27. The number of hydrogen-bond acceptors (Lipinski definition) is 7. The fourth-order valence-electron chi connectivity index (χ4n) is 2.24. The molecule has 0 unspecified atom stereocenters. The average Bonchev–Trinajstić information content (AvgIpc) is 2.77. The quantitative estimate of drug-likeness (QED) is 0.251. The van der Waals surface area contributed by atoms with Crippen LogP contribution in [0.25, 0.3) is 0 Å². The molecule has 28 heavy (non-hydrogen) atoms. The number of imide groups is 1. The number of urea groups is 1. The molecule has 150 valence electrons. The molecule has 1 aliphatic heterocycles. The summed E-state index contributed by atoms with van der Waals surface area (Å²) in [5.74, 6) is -2.25. The molecule has 0 aromatic heterocycles. The van der Waals surface area contributed by atoms with Crippen LogP contribution < -0.4 is 10.6 Å². The summed E-state index contributed by atoms with van der Waals surface area (Å²) in [5, 5.41) is 15.7. The molecule has 0 bridgehead atoms. The van der Waals surface area contributed by atoms with E-state index in [1.807, 2.05) is 0 Å². The highest BCUT2D eigenvalue weighted by atomic mass is 79.9. The summed E-state index contributed by atoms with van der Waals surface area (Å²) in [6.07, 6.45) is 0. The number of nitrogens with zero attached hydrogens (tertiary/aromatic N) is 2. The molecule has 1 fully saturated rings. The number of anilines is 1. The first-order chi connectivity index (χ1) is 12.9. The van der Waals surface area contributed by atoms with Crippen LogP contribution in [0, 0.1) is 10.1 Å². The maximum atomic E-state index is 12.0. The molecule has 0 atom stereocenters. The summed E-state index contributed by atoms with van der Waals surface area (Å²) >= 11 is 6.22. The highest BCUT2D eigenvalue weighted by Crippen LogP contribution is 2.35. The van der Waals surface area contributed by atoms with Crippen LogP contribution in [-0.2, 0) is 19.1 Å². The average molecular weight is 522 g/mol. The van der Waals surface area contributed by atoms with Crippen molar-refractivity contribution in [1.82, 2.24) is 10.2 Å². The van der Waals surface area contributed by atoms with Crippen molar-refractivity contribution >= 4 is 67.0 Å². The minimum atomic E-state index is -1.12. The molecular formula is C15H14Br2N4O7. The van der Waals surface area contributed by atoms with Crippen LogP contribution in [0.1, 0.15) is 13.8 Å². The van der Waals surface area contributed by atoms with Gasteiger partial charge in [-0.1, -0.05) is 0 Å². The fourth-order valence-corrected chi connectivity index (χ4v) is 3.60. The van der Waals surface area contributed by atoms with Gasteiger partial charge in [0.25, 0.3) is 17.5 Å². The molecule has 2 rings (SSSR count). The monoisotopic (exact) mass is 520 g/mol. The number of hydrogen-bond donors (Lipinski definition) is 2.